The summed E-state index contributed by atoms with van der Waals surface area (Å²) >= 11 is 0. The van der Waals surface area contributed by atoms with Gasteiger partial charge < -0.3 is 5.32 Å². The first-order valence-electron chi connectivity index (χ1n) is 4.28. The minimum Gasteiger partial charge on any atom is -0.316 e. The van der Waals surface area contributed by atoms with Gasteiger partial charge in [-0.05, 0) is 25.8 Å². The van der Waals surface area contributed by atoms with Crippen LogP contribution in [0, 0.1) is 5.41 Å². The third kappa shape index (κ3) is 1.93. The summed E-state index contributed by atoms with van der Waals surface area (Å²) in [4.78, 5) is 0. The Bertz CT molecular complexity index is 143. The highest BCUT2D eigenvalue weighted by molar-refractivity contribution is 5.01. The van der Waals surface area contributed by atoms with Gasteiger partial charge in [0.25, 0.3) is 0 Å². The summed E-state index contributed by atoms with van der Waals surface area (Å²) < 4.78 is 0. The zero-order valence-electron chi connectivity index (χ0n) is 7.10. The van der Waals surface area contributed by atoms with Gasteiger partial charge in [0.15, 0.2) is 0 Å². The van der Waals surface area contributed by atoms with Gasteiger partial charge in [-0.1, -0.05) is 12.2 Å². The number of piperidine rings is 1. The summed E-state index contributed by atoms with van der Waals surface area (Å²) in [5.41, 5.74) is 0.306. The molecule has 0 radical (unpaired) electrons. The van der Waals surface area contributed by atoms with E-state index >= 15 is 0 Å². The van der Waals surface area contributed by atoms with Crippen LogP contribution in [0.1, 0.15) is 19.3 Å². The van der Waals surface area contributed by atoms with Gasteiger partial charge in [-0.15, -0.1) is 13.2 Å². The van der Waals surface area contributed by atoms with Crippen LogP contribution in [0.5, 0.6) is 0 Å². The molecule has 1 heteroatoms. The predicted molar refractivity (Wildman–Crippen MR) is 49.5 cm³/mol. The minimum absolute atomic E-state index is 0.306. The fourth-order valence-corrected chi connectivity index (χ4v) is 1.71. The Morgan fingerprint density at radius 3 is 2.73 bits per heavy atom. The van der Waals surface area contributed by atoms with Crippen LogP contribution >= 0.6 is 0 Å². The highest BCUT2D eigenvalue weighted by Gasteiger charge is 2.26. The van der Waals surface area contributed by atoms with Crippen molar-refractivity contribution in [2.45, 2.75) is 19.3 Å². The summed E-state index contributed by atoms with van der Waals surface area (Å²) in [6, 6.07) is 0. The van der Waals surface area contributed by atoms with Gasteiger partial charge in [0.05, 0.1) is 0 Å². The zero-order chi connectivity index (χ0) is 8.16. The van der Waals surface area contributed by atoms with Crippen molar-refractivity contribution in [2.24, 2.45) is 5.41 Å². The quantitative estimate of drug-likeness (QED) is 0.609. The van der Waals surface area contributed by atoms with Crippen LogP contribution in [-0.2, 0) is 0 Å². The lowest BCUT2D eigenvalue weighted by Gasteiger charge is -2.33. The lowest BCUT2D eigenvalue weighted by Crippen LogP contribution is -2.38. The van der Waals surface area contributed by atoms with E-state index in [9.17, 15) is 0 Å². The van der Waals surface area contributed by atoms with Crippen LogP contribution in [0.25, 0.3) is 0 Å². The van der Waals surface area contributed by atoms with Crippen LogP contribution in [0.3, 0.4) is 0 Å². The van der Waals surface area contributed by atoms with E-state index in [1.165, 1.54) is 12.8 Å². The smallest absolute Gasteiger partial charge is 0.00454 e. The molecule has 0 aromatic carbocycles. The van der Waals surface area contributed by atoms with Crippen LogP contribution in [0.15, 0.2) is 25.3 Å². The van der Waals surface area contributed by atoms with Crippen LogP contribution in [0.4, 0.5) is 0 Å². The molecule has 11 heavy (non-hydrogen) atoms. The Hall–Kier alpha value is -0.560. The molecule has 0 spiro atoms. The molecule has 0 aromatic heterocycles. The normalized spacial score (nSPS) is 31.3. The van der Waals surface area contributed by atoms with Crippen molar-refractivity contribution in [3.63, 3.8) is 0 Å². The number of allylic oxidation sites excluding steroid dienone is 1. The summed E-state index contributed by atoms with van der Waals surface area (Å²) in [6.07, 6.45) is 7.66. The molecule has 1 N–H and O–H groups in total. The van der Waals surface area contributed by atoms with E-state index < -0.39 is 0 Å². The molecular weight excluding hydrogens is 134 g/mol. The van der Waals surface area contributed by atoms with Gasteiger partial charge in [-0.3, -0.25) is 0 Å². The number of hydrogen-bond acceptors (Lipinski definition) is 1. The molecule has 1 unspecified atom stereocenters. The van der Waals surface area contributed by atoms with Crippen molar-refractivity contribution in [3.05, 3.63) is 25.3 Å². The number of rotatable bonds is 3. The average Bonchev–Trinajstić information content (AvgIpc) is 2.07. The van der Waals surface area contributed by atoms with E-state index in [2.05, 4.69) is 24.6 Å². The number of nitrogens with one attached hydrogen (secondary N) is 1. The van der Waals surface area contributed by atoms with Gasteiger partial charge >= 0.3 is 0 Å². The summed E-state index contributed by atoms with van der Waals surface area (Å²) in [6.45, 7) is 9.89. The molecule has 1 aliphatic heterocycles. The van der Waals surface area contributed by atoms with Crippen molar-refractivity contribution in [3.8, 4) is 0 Å². The second kappa shape index (κ2) is 3.72. The maximum atomic E-state index is 3.89. The van der Waals surface area contributed by atoms with Gasteiger partial charge in [0.2, 0.25) is 0 Å². The Kier molecular flexibility index (Phi) is 2.89. The van der Waals surface area contributed by atoms with E-state index in [1.54, 1.807) is 0 Å². The molecule has 1 aliphatic rings. The third-order valence-electron chi connectivity index (χ3n) is 2.49. The molecular formula is C10H17N. The van der Waals surface area contributed by atoms with Crippen molar-refractivity contribution >= 4 is 0 Å². The molecule has 1 saturated heterocycles. The lowest BCUT2D eigenvalue weighted by atomic mass is 9.78. The largest absolute Gasteiger partial charge is 0.316 e. The molecule has 0 aliphatic carbocycles. The molecule has 0 amide bonds. The van der Waals surface area contributed by atoms with Gasteiger partial charge in [0, 0.05) is 12.0 Å². The zero-order valence-corrected chi connectivity index (χ0v) is 7.10. The predicted octanol–water partition coefficient (Wildman–Crippen LogP) is 2.12. The van der Waals surface area contributed by atoms with Gasteiger partial charge in [-0.25, -0.2) is 0 Å². The Morgan fingerprint density at radius 2 is 2.27 bits per heavy atom. The van der Waals surface area contributed by atoms with Crippen LogP contribution in [-0.4, -0.2) is 13.1 Å². The Balaban J connectivity index is 2.56. The second-order valence-corrected chi connectivity index (χ2v) is 3.34. The molecule has 1 rings (SSSR count). The van der Waals surface area contributed by atoms with E-state index in [1.807, 2.05) is 6.08 Å². The topological polar surface area (TPSA) is 12.0 Å². The lowest BCUT2D eigenvalue weighted by molar-refractivity contribution is 0.281. The third-order valence-corrected chi connectivity index (χ3v) is 2.49. The summed E-state index contributed by atoms with van der Waals surface area (Å²) in [5, 5.41) is 3.39. The fraction of sp³-hybridized carbons (Fsp3) is 0.600. The molecule has 0 bridgehead atoms. The first kappa shape index (κ1) is 8.54. The van der Waals surface area contributed by atoms with E-state index in [-0.39, 0.29) is 0 Å². The van der Waals surface area contributed by atoms with E-state index in [0.29, 0.717) is 5.41 Å². The Morgan fingerprint density at radius 1 is 1.45 bits per heavy atom. The highest BCUT2D eigenvalue weighted by atomic mass is 14.9. The van der Waals surface area contributed by atoms with E-state index in [0.717, 1.165) is 19.5 Å². The van der Waals surface area contributed by atoms with Crippen molar-refractivity contribution in [1.82, 2.24) is 5.32 Å². The van der Waals surface area contributed by atoms with Crippen LogP contribution in [0.2, 0.25) is 0 Å². The molecule has 1 atom stereocenters. The second-order valence-electron chi connectivity index (χ2n) is 3.34. The van der Waals surface area contributed by atoms with Gasteiger partial charge in [0.1, 0.15) is 0 Å². The van der Waals surface area contributed by atoms with Crippen molar-refractivity contribution in [2.75, 3.05) is 13.1 Å². The minimum atomic E-state index is 0.306. The van der Waals surface area contributed by atoms with Crippen molar-refractivity contribution < 1.29 is 0 Å². The average molecular weight is 151 g/mol. The summed E-state index contributed by atoms with van der Waals surface area (Å²) in [7, 11) is 0. The number of hydrogen-bond donors (Lipinski definition) is 1. The van der Waals surface area contributed by atoms with Crippen LogP contribution < -0.4 is 5.32 Å². The maximum absolute atomic E-state index is 3.89. The highest BCUT2D eigenvalue weighted by Crippen LogP contribution is 2.31. The fourth-order valence-electron chi connectivity index (χ4n) is 1.71. The maximum Gasteiger partial charge on any atom is 0.00454 e. The van der Waals surface area contributed by atoms with Crippen molar-refractivity contribution in [1.29, 1.82) is 0 Å². The molecule has 1 nitrogen and oxygen atoms in total. The summed E-state index contributed by atoms with van der Waals surface area (Å²) in [5.74, 6) is 0. The Labute approximate surface area is 69.2 Å². The molecule has 1 fully saturated rings. The first-order chi connectivity index (χ1) is 5.33. The molecule has 1 heterocycles. The molecule has 0 aromatic rings. The monoisotopic (exact) mass is 151 g/mol. The standard InChI is InChI=1S/C10H17N/c1-3-6-10(4-2)7-5-8-11-9-10/h3-4,11H,1-2,5-9H2. The van der Waals surface area contributed by atoms with E-state index in [4.69, 9.17) is 0 Å². The molecule has 0 saturated carbocycles. The SMILES string of the molecule is C=CCC1(C=C)CCCNC1. The first-order valence-corrected chi connectivity index (χ1v) is 4.28. The van der Waals surface area contributed by atoms with Gasteiger partial charge in [-0.2, -0.15) is 0 Å². The molecule has 62 valence electrons.